The van der Waals surface area contributed by atoms with Crippen LogP contribution in [0.25, 0.3) is 11.0 Å². The van der Waals surface area contributed by atoms with E-state index in [1.54, 1.807) is 37.4 Å². The Kier molecular flexibility index (Phi) is 12.3. The number of aromatic nitrogens is 3. The molecule has 2 saturated carbocycles. The number of hydrogen-bond donors (Lipinski definition) is 5. The van der Waals surface area contributed by atoms with E-state index < -0.39 is 37.0 Å². The van der Waals surface area contributed by atoms with Crippen molar-refractivity contribution >= 4 is 44.2 Å². The molecule has 16 nitrogen and oxygen atoms in total. The van der Waals surface area contributed by atoms with Crippen LogP contribution in [0.2, 0.25) is 0 Å². The number of piperazine rings is 1. The second-order valence-corrected chi connectivity index (χ2v) is 20.9. The van der Waals surface area contributed by atoms with Gasteiger partial charge in [-0.05, 0) is 111 Å². The van der Waals surface area contributed by atoms with E-state index in [2.05, 4.69) is 78.2 Å². The van der Waals surface area contributed by atoms with Crippen molar-refractivity contribution in [3.8, 4) is 11.5 Å². The van der Waals surface area contributed by atoms with Crippen LogP contribution < -0.4 is 25.0 Å². The van der Waals surface area contributed by atoms with Gasteiger partial charge in [0.1, 0.15) is 22.0 Å². The number of amides is 1. The molecule has 1 atom stereocenters. The van der Waals surface area contributed by atoms with Crippen molar-refractivity contribution in [2.45, 2.75) is 101 Å². The van der Waals surface area contributed by atoms with Crippen LogP contribution in [0.5, 0.6) is 11.5 Å². The molecule has 2 aliphatic carbocycles. The number of nitro groups is 1. The fourth-order valence-corrected chi connectivity index (χ4v) is 11.5. The molecule has 344 valence electrons. The van der Waals surface area contributed by atoms with Crippen molar-refractivity contribution in [1.82, 2.24) is 29.9 Å². The minimum absolute atomic E-state index is 0.0429. The molecule has 4 aliphatic rings. The number of carbonyl (C=O) groups is 1. The van der Waals surface area contributed by atoms with Gasteiger partial charge in [0.15, 0.2) is 0 Å². The molecular weight excluding hydrogens is 847 g/mol. The lowest BCUT2D eigenvalue weighted by Crippen LogP contribution is -2.59. The maximum absolute atomic E-state index is 14.0. The van der Waals surface area contributed by atoms with E-state index in [1.807, 2.05) is 6.07 Å². The van der Waals surface area contributed by atoms with Crippen molar-refractivity contribution in [2.75, 3.05) is 49.5 Å². The van der Waals surface area contributed by atoms with E-state index in [4.69, 9.17) is 4.74 Å². The predicted octanol–water partition coefficient (Wildman–Crippen LogP) is 7.65. The summed E-state index contributed by atoms with van der Waals surface area (Å²) in [7, 11) is -4.63. The summed E-state index contributed by atoms with van der Waals surface area (Å²) in [6.07, 6.45) is 11.4. The highest BCUT2D eigenvalue weighted by molar-refractivity contribution is 7.90. The standard InChI is InChI=1S/C48H59N9O7S/c1-31(2)38-6-4-5-7-39(38)42-30-49-18-21-56(42)35-25-48(26-35)15-19-55(20-16-48)34-8-9-40(43(23-34)64-36-22-33-12-17-50-44(33)52-28-36)46(58)54-65(62,63)37-24-41(57(60)61)45(53-29-37)51-27-32-10-13-47(3,59)14-11-32/h4-9,12,17,22-24,28-29,31-32,35,42,49,59H,10-11,13-16,18-21,25-27,30H2,1-3H3,(H,50,52)(H,51,53)(H,54,58)/t32?,42-,47?/m1/s1. The highest BCUT2D eigenvalue weighted by Crippen LogP contribution is 2.53. The number of nitrogens with zero attached hydrogens (tertiary/aromatic N) is 5. The number of fused-ring (bicyclic) bond motifs is 1. The van der Waals surface area contributed by atoms with Crippen LogP contribution in [0.3, 0.4) is 0 Å². The number of aromatic amines is 1. The van der Waals surface area contributed by atoms with Crippen LogP contribution in [-0.2, 0) is 10.0 Å². The summed E-state index contributed by atoms with van der Waals surface area (Å²) in [5, 5.41) is 29.9. The van der Waals surface area contributed by atoms with Crippen LogP contribution in [0.1, 0.15) is 106 Å². The number of rotatable bonds is 13. The van der Waals surface area contributed by atoms with Gasteiger partial charge in [-0.1, -0.05) is 38.1 Å². The van der Waals surface area contributed by atoms with Crippen LogP contribution >= 0.6 is 0 Å². The largest absolute Gasteiger partial charge is 0.455 e. The number of sulfonamides is 1. The Morgan fingerprint density at radius 1 is 1.02 bits per heavy atom. The third-order valence-electron chi connectivity index (χ3n) is 14.4. The summed E-state index contributed by atoms with van der Waals surface area (Å²) in [6, 6.07) is 19.5. The monoisotopic (exact) mass is 905 g/mol. The smallest absolute Gasteiger partial charge is 0.312 e. The van der Waals surface area contributed by atoms with Gasteiger partial charge in [-0.3, -0.25) is 19.8 Å². The molecule has 3 aromatic heterocycles. The lowest BCUT2D eigenvalue weighted by Gasteiger charge is -2.57. The average Bonchev–Trinajstić information content (AvgIpc) is 3.76. The lowest BCUT2D eigenvalue weighted by molar-refractivity contribution is -0.384. The quantitative estimate of drug-likeness (QED) is 0.0569. The van der Waals surface area contributed by atoms with Crippen LogP contribution in [0.4, 0.5) is 17.2 Å². The van der Waals surface area contributed by atoms with Crippen LogP contribution in [-0.4, -0.2) is 95.1 Å². The average molecular weight is 906 g/mol. The predicted molar refractivity (Wildman–Crippen MR) is 249 cm³/mol. The van der Waals surface area contributed by atoms with E-state index >= 15 is 0 Å². The van der Waals surface area contributed by atoms with Gasteiger partial charge in [0.2, 0.25) is 5.82 Å². The highest BCUT2D eigenvalue weighted by Gasteiger charge is 2.49. The summed E-state index contributed by atoms with van der Waals surface area (Å²) < 4.78 is 35.9. The van der Waals surface area contributed by atoms with Gasteiger partial charge < -0.3 is 30.4 Å². The highest BCUT2D eigenvalue weighted by atomic mass is 32.2. The molecule has 17 heteroatoms. The Hall–Kier alpha value is -5.62. The fourth-order valence-electron chi connectivity index (χ4n) is 10.5. The molecule has 65 heavy (non-hydrogen) atoms. The Bertz CT molecular complexity index is 2660. The summed E-state index contributed by atoms with van der Waals surface area (Å²) in [6.45, 7) is 11.4. The zero-order valence-corrected chi connectivity index (χ0v) is 38.1. The number of ether oxygens (including phenoxy) is 1. The normalized spacial score (nSPS) is 22.8. The van der Waals surface area contributed by atoms with E-state index in [-0.39, 0.29) is 28.5 Å². The number of aliphatic hydroxyl groups is 1. The first-order valence-corrected chi connectivity index (χ1v) is 24.4. The first kappa shape index (κ1) is 44.6. The summed E-state index contributed by atoms with van der Waals surface area (Å²) in [4.78, 5) is 41.5. The number of anilines is 2. The van der Waals surface area contributed by atoms with Gasteiger partial charge in [0, 0.05) is 80.8 Å². The molecule has 2 saturated heterocycles. The first-order valence-electron chi connectivity index (χ1n) is 22.9. The zero-order chi connectivity index (χ0) is 45.5. The molecule has 4 fully saturated rings. The van der Waals surface area contributed by atoms with Gasteiger partial charge in [0.25, 0.3) is 15.9 Å². The van der Waals surface area contributed by atoms with Gasteiger partial charge >= 0.3 is 5.69 Å². The SMILES string of the molecule is CC(C)c1ccccc1[C@H]1CNCCN1C1CC2(CCN(c3ccc(C(=O)NS(=O)(=O)c4cnc(NCC5CCC(C)(O)CC5)c([N+](=O)[O-])c4)c(Oc4cnc5[nH]ccc5c4)c3)CC2)C1. The van der Waals surface area contributed by atoms with Crippen LogP contribution in [0, 0.1) is 21.4 Å². The second kappa shape index (κ2) is 18.0. The Morgan fingerprint density at radius 2 is 1.78 bits per heavy atom. The fraction of sp³-hybridized carbons (Fsp3) is 0.479. The zero-order valence-electron chi connectivity index (χ0n) is 37.3. The van der Waals surface area contributed by atoms with E-state index in [0.29, 0.717) is 48.8 Å². The second-order valence-electron chi connectivity index (χ2n) is 19.2. The third-order valence-corrected chi connectivity index (χ3v) is 15.7. The molecule has 0 bridgehead atoms. The molecule has 0 radical (unpaired) electrons. The minimum atomic E-state index is -4.63. The lowest BCUT2D eigenvalue weighted by atomic mass is 9.59. The number of carbonyl (C=O) groups excluding carboxylic acids is 1. The van der Waals surface area contributed by atoms with E-state index in [9.17, 15) is 28.4 Å². The number of hydrogen-bond acceptors (Lipinski definition) is 13. The van der Waals surface area contributed by atoms with Gasteiger partial charge in [-0.15, -0.1) is 0 Å². The third kappa shape index (κ3) is 9.55. The van der Waals surface area contributed by atoms with Crippen molar-refractivity contribution < 1.29 is 28.0 Å². The van der Waals surface area contributed by atoms with Gasteiger partial charge in [0.05, 0.1) is 28.5 Å². The molecule has 9 rings (SSSR count). The first-order chi connectivity index (χ1) is 31.2. The number of nitrogens with one attached hydrogen (secondary N) is 4. The molecule has 1 amide bonds. The molecular formula is C48H59N9O7S. The molecule has 5 heterocycles. The van der Waals surface area contributed by atoms with E-state index in [1.165, 1.54) is 30.2 Å². The van der Waals surface area contributed by atoms with Crippen molar-refractivity contribution in [1.29, 1.82) is 0 Å². The number of piperidine rings is 1. The maximum Gasteiger partial charge on any atom is 0.312 e. The number of pyridine rings is 2. The molecule has 5 aromatic rings. The van der Waals surface area contributed by atoms with Gasteiger partial charge in [-0.2, -0.15) is 0 Å². The summed E-state index contributed by atoms with van der Waals surface area (Å²) in [5.74, 6) is 0.0693. The van der Waals surface area contributed by atoms with E-state index in [0.717, 1.165) is 81.7 Å². The maximum atomic E-state index is 14.0. The van der Waals surface area contributed by atoms with Crippen LogP contribution in [0.15, 0.2) is 84.1 Å². The topological polar surface area (TPSA) is 208 Å². The van der Waals surface area contributed by atoms with Crippen molar-refractivity contribution in [2.24, 2.45) is 11.3 Å². The Morgan fingerprint density at radius 3 is 2.54 bits per heavy atom. The molecule has 1 spiro atoms. The van der Waals surface area contributed by atoms with Gasteiger partial charge in [-0.25, -0.2) is 23.1 Å². The molecule has 2 aromatic carbocycles. The number of benzene rings is 2. The number of H-pyrrole nitrogens is 1. The summed E-state index contributed by atoms with van der Waals surface area (Å²) >= 11 is 0. The Balaban J connectivity index is 0.898. The van der Waals surface area contributed by atoms with Crippen molar-refractivity contribution in [3.63, 3.8) is 0 Å². The molecule has 2 aliphatic heterocycles. The molecule has 5 N–H and O–H groups in total. The van der Waals surface area contributed by atoms with Crippen molar-refractivity contribution in [3.05, 3.63) is 106 Å². The minimum Gasteiger partial charge on any atom is -0.455 e. The Labute approximate surface area is 379 Å². The molecule has 0 unspecified atom stereocenters. The summed E-state index contributed by atoms with van der Waals surface area (Å²) in [5.41, 5.74) is 3.34.